The molecule has 3 aromatic heterocycles. The van der Waals surface area contributed by atoms with Gasteiger partial charge in [-0.05, 0) is 114 Å². The first kappa shape index (κ1) is 42.0. The molecule has 0 atom stereocenters. The molecule has 2 aliphatic carbocycles. The van der Waals surface area contributed by atoms with Crippen LogP contribution in [0.4, 0.5) is 0 Å². The monoisotopic (exact) mass is 971 g/mol. The van der Waals surface area contributed by atoms with Crippen LogP contribution in [0, 0.1) is 0 Å². The van der Waals surface area contributed by atoms with Crippen LogP contribution in [0.2, 0.25) is 0 Å². The fraction of sp³-hybridized carbons (Fsp3) is 0.0143. The van der Waals surface area contributed by atoms with Gasteiger partial charge in [0.25, 0.3) is 0 Å². The number of aromatic nitrogens is 3. The van der Waals surface area contributed by atoms with Crippen molar-refractivity contribution in [3.63, 3.8) is 0 Å². The molecule has 0 radical (unpaired) electrons. The average molecular weight is 972 g/mol. The Morgan fingerprint density at radius 1 is 0.307 bits per heavy atom. The van der Waals surface area contributed by atoms with Crippen molar-refractivity contribution in [2.45, 2.75) is 5.41 Å². The van der Waals surface area contributed by atoms with Gasteiger partial charge in [0.15, 0.2) is 17.5 Å². The maximum Gasteiger partial charge on any atom is 0.165 e. The van der Waals surface area contributed by atoms with Crippen LogP contribution in [0.25, 0.3) is 132 Å². The second-order valence-electron chi connectivity index (χ2n) is 19.7. The number of nitrogens with zero attached hydrogens (tertiary/aromatic N) is 3. The molecule has 0 saturated carbocycles. The lowest BCUT2D eigenvalue weighted by molar-refractivity contribution is 0.669. The maximum atomic E-state index is 6.68. The molecule has 5 heteroatoms. The summed E-state index contributed by atoms with van der Waals surface area (Å²) in [5.74, 6) is 1.82. The fourth-order valence-corrected chi connectivity index (χ4v) is 13.8. The molecule has 0 fully saturated rings. The zero-order valence-electron chi connectivity index (χ0n) is 40.3. The van der Waals surface area contributed by atoms with Gasteiger partial charge in [0, 0.05) is 47.6 Å². The predicted octanol–water partition coefficient (Wildman–Crippen LogP) is 18.5. The zero-order valence-corrected chi connectivity index (χ0v) is 41.1. The highest BCUT2D eigenvalue weighted by Gasteiger charge is 2.52. The second kappa shape index (κ2) is 16.2. The molecular weight excluding hydrogens is 931 g/mol. The first-order valence-electron chi connectivity index (χ1n) is 25.5. The van der Waals surface area contributed by atoms with Crippen molar-refractivity contribution in [1.82, 2.24) is 15.0 Å². The number of benzene rings is 11. The van der Waals surface area contributed by atoms with Gasteiger partial charge < -0.3 is 4.42 Å². The van der Waals surface area contributed by atoms with E-state index in [1.807, 2.05) is 18.2 Å². The molecule has 3 heterocycles. The molecule has 2 aliphatic rings. The van der Waals surface area contributed by atoms with Gasteiger partial charge in [-0.2, -0.15) is 0 Å². The summed E-state index contributed by atoms with van der Waals surface area (Å²) in [5.41, 5.74) is 21.4. The first-order valence-corrected chi connectivity index (χ1v) is 26.3. The Labute approximate surface area is 436 Å². The van der Waals surface area contributed by atoms with Crippen molar-refractivity contribution in [3.05, 3.63) is 271 Å². The summed E-state index contributed by atoms with van der Waals surface area (Å²) in [7, 11) is 0. The van der Waals surface area contributed by atoms with E-state index in [1.165, 1.54) is 71.1 Å². The Kier molecular flexibility index (Phi) is 9.09. The molecule has 16 rings (SSSR count). The molecule has 11 aromatic carbocycles. The molecule has 0 aliphatic heterocycles. The van der Waals surface area contributed by atoms with Gasteiger partial charge in [-0.3, -0.25) is 0 Å². The summed E-state index contributed by atoms with van der Waals surface area (Å²) >= 11 is 1.78. The standard InChI is InChI=1S/C70H41N3OS/c1-2-16-42(17-3-1)43-34-36-44(37-35-43)67-71-68(73-69(72-67)55-27-13-25-52-51-22-7-11-33-63(51)75-66(52)55)54-26-15-32-62-65(54)56-41-46(38-39-61(56)74-62)45-18-12-19-47(40-45)48-24-14-31-60-64(48)53-23-6-10-30-59(53)70(60)57-28-8-4-20-49(57)50-21-5-9-29-58(50)70/h1-41H. The highest BCUT2D eigenvalue weighted by Crippen LogP contribution is 2.64. The lowest BCUT2D eigenvalue weighted by Crippen LogP contribution is -2.25. The van der Waals surface area contributed by atoms with E-state index in [9.17, 15) is 0 Å². The Morgan fingerprint density at radius 2 is 0.827 bits per heavy atom. The van der Waals surface area contributed by atoms with Crippen LogP contribution in [0.1, 0.15) is 22.3 Å². The van der Waals surface area contributed by atoms with Crippen LogP contribution in [0.5, 0.6) is 0 Å². The van der Waals surface area contributed by atoms with E-state index in [0.717, 1.165) is 65.6 Å². The number of rotatable bonds is 6. The summed E-state index contributed by atoms with van der Waals surface area (Å²) < 4.78 is 9.07. The number of hydrogen-bond donors (Lipinski definition) is 0. The van der Waals surface area contributed by atoms with Gasteiger partial charge >= 0.3 is 0 Å². The third-order valence-electron chi connectivity index (χ3n) is 15.8. The van der Waals surface area contributed by atoms with Crippen molar-refractivity contribution in [2.24, 2.45) is 0 Å². The molecule has 4 nitrogen and oxygen atoms in total. The van der Waals surface area contributed by atoms with Gasteiger partial charge in [-0.25, -0.2) is 15.0 Å². The van der Waals surface area contributed by atoms with Crippen molar-refractivity contribution in [1.29, 1.82) is 0 Å². The van der Waals surface area contributed by atoms with E-state index in [2.05, 4.69) is 231 Å². The minimum Gasteiger partial charge on any atom is -0.456 e. The molecule has 0 unspecified atom stereocenters. The van der Waals surface area contributed by atoms with Crippen LogP contribution in [0.3, 0.4) is 0 Å². The van der Waals surface area contributed by atoms with Crippen LogP contribution < -0.4 is 0 Å². The lowest BCUT2D eigenvalue weighted by atomic mass is 9.70. The van der Waals surface area contributed by atoms with E-state index >= 15 is 0 Å². The van der Waals surface area contributed by atoms with Crippen molar-refractivity contribution >= 4 is 53.4 Å². The van der Waals surface area contributed by atoms with Gasteiger partial charge in [-0.15, -0.1) is 11.3 Å². The molecular formula is C70H41N3OS. The lowest BCUT2D eigenvalue weighted by Gasteiger charge is -2.30. The largest absolute Gasteiger partial charge is 0.456 e. The Bertz CT molecular complexity index is 4620. The Hall–Kier alpha value is -9.55. The second-order valence-corrected chi connectivity index (χ2v) is 20.8. The molecule has 0 N–H and O–H groups in total. The summed E-state index contributed by atoms with van der Waals surface area (Å²) in [6, 6.07) is 89.8. The number of thiophene rings is 1. The van der Waals surface area contributed by atoms with E-state index in [4.69, 9.17) is 19.4 Å². The summed E-state index contributed by atoms with van der Waals surface area (Å²) in [6.07, 6.45) is 0. The molecule has 0 saturated heterocycles. The van der Waals surface area contributed by atoms with Gasteiger partial charge in [-0.1, -0.05) is 212 Å². The summed E-state index contributed by atoms with van der Waals surface area (Å²) in [4.78, 5) is 16.0. The average Bonchev–Trinajstić information content (AvgIpc) is 4.38. The van der Waals surface area contributed by atoms with Crippen LogP contribution in [-0.4, -0.2) is 15.0 Å². The highest BCUT2D eigenvalue weighted by atomic mass is 32.1. The third kappa shape index (κ3) is 6.19. The van der Waals surface area contributed by atoms with E-state index in [0.29, 0.717) is 17.5 Å². The molecule has 0 bridgehead atoms. The Morgan fingerprint density at radius 3 is 1.64 bits per heavy atom. The maximum absolute atomic E-state index is 6.68. The normalized spacial score (nSPS) is 12.9. The molecule has 14 aromatic rings. The van der Waals surface area contributed by atoms with Gasteiger partial charge in [0.1, 0.15) is 11.2 Å². The molecule has 1 spiro atoms. The van der Waals surface area contributed by atoms with E-state index in [1.54, 1.807) is 11.3 Å². The number of hydrogen-bond acceptors (Lipinski definition) is 5. The van der Waals surface area contributed by atoms with Gasteiger partial charge in [0.05, 0.1) is 5.41 Å². The molecule has 0 amide bonds. The highest BCUT2D eigenvalue weighted by molar-refractivity contribution is 7.26. The van der Waals surface area contributed by atoms with Crippen molar-refractivity contribution in [3.8, 4) is 89.8 Å². The minimum absolute atomic E-state index is 0.406. The van der Waals surface area contributed by atoms with E-state index < -0.39 is 5.41 Å². The zero-order chi connectivity index (χ0) is 49.2. The van der Waals surface area contributed by atoms with Crippen LogP contribution >= 0.6 is 11.3 Å². The third-order valence-corrected chi connectivity index (χ3v) is 17.0. The number of furan rings is 1. The van der Waals surface area contributed by atoms with E-state index in [-0.39, 0.29) is 0 Å². The number of fused-ring (bicyclic) bond motifs is 16. The topological polar surface area (TPSA) is 51.8 Å². The van der Waals surface area contributed by atoms with Crippen LogP contribution in [0.15, 0.2) is 253 Å². The molecule has 75 heavy (non-hydrogen) atoms. The van der Waals surface area contributed by atoms with Crippen molar-refractivity contribution in [2.75, 3.05) is 0 Å². The van der Waals surface area contributed by atoms with Crippen molar-refractivity contribution < 1.29 is 4.42 Å². The minimum atomic E-state index is -0.406. The SMILES string of the molecule is c1ccc(-c2ccc(-c3nc(-c4cccc5c4sc4ccccc45)nc(-c4cccc5oc6ccc(-c7cccc(-c8cccc9c8-c8ccccc8C98c9ccccc9-c9ccccc98)c7)cc6c45)n3)cc2)cc1. The quantitative estimate of drug-likeness (QED) is 0.167. The predicted molar refractivity (Wildman–Crippen MR) is 309 cm³/mol. The fourth-order valence-electron chi connectivity index (χ4n) is 12.6. The van der Waals surface area contributed by atoms with Crippen LogP contribution in [-0.2, 0) is 5.41 Å². The van der Waals surface area contributed by atoms with Gasteiger partial charge in [0.2, 0.25) is 0 Å². The smallest absolute Gasteiger partial charge is 0.165 e. The summed E-state index contributed by atoms with van der Waals surface area (Å²) in [5, 5.41) is 4.39. The summed E-state index contributed by atoms with van der Waals surface area (Å²) in [6.45, 7) is 0. The Balaban J connectivity index is 0.847. The molecule has 348 valence electrons. The first-order chi connectivity index (χ1) is 37.2.